The molecule has 1 aromatic carbocycles. The van der Waals surface area contributed by atoms with E-state index >= 15 is 0 Å². The van der Waals surface area contributed by atoms with Crippen molar-refractivity contribution in [3.63, 3.8) is 0 Å². The number of hydrogen-bond acceptors (Lipinski definition) is 4. The average molecular weight is 197 g/mol. The second-order valence-corrected chi connectivity index (χ2v) is 3.15. The lowest BCUT2D eigenvalue weighted by Gasteiger charge is -2.10. The van der Waals surface area contributed by atoms with Crippen molar-refractivity contribution in [3.05, 3.63) is 18.2 Å². The molecule has 0 aliphatic heterocycles. The normalized spacial score (nSPS) is 12.4. The molecule has 78 valence electrons. The molecule has 0 aliphatic carbocycles. The van der Waals surface area contributed by atoms with Gasteiger partial charge in [-0.15, -0.1) is 0 Å². The number of rotatable bonds is 4. The summed E-state index contributed by atoms with van der Waals surface area (Å²) in [6.07, 6.45) is 0.280. The van der Waals surface area contributed by atoms with Gasteiger partial charge in [-0.25, -0.2) is 0 Å². The molecule has 0 aliphatic rings. The summed E-state index contributed by atoms with van der Waals surface area (Å²) in [5.74, 6) is -0.312. The molecule has 1 atom stereocenters. The molecule has 4 N–H and O–H groups in total. The van der Waals surface area contributed by atoms with E-state index in [1.54, 1.807) is 6.07 Å². The van der Waals surface area contributed by atoms with Crippen LogP contribution in [0.4, 0.5) is 5.69 Å². The molecule has 0 radical (unpaired) electrons. The van der Waals surface area contributed by atoms with Crippen LogP contribution in [0.5, 0.6) is 11.5 Å². The summed E-state index contributed by atoms with van der Waals surface area (Å²) in [7, 11) is 0. The van der Waals surface area contributed by atoms with E-state index in [2.05, 4.69) is 5.32 Å². The quantitative estimate of drug-likeness (QED) is 0.433. The molecule has 0 saturated carbocycles. The minimum Gasteiger partial charge on any atom is -0.504 e. The summed E-state index contributed by atoms with van der Waals surface area (Å²) in [5, 5.41) is 30.4. The van der Waals surface area contributed by atoms with E-state index in [0.717, 1.165) is 0 Å². The number of aliphatic hydroxyl groups excluding tert-OH is 1. The number of aliphatic hydroxyl groups is 1. The fraction of sp³-hybridized carbons (Fsp3) is 0.400. The number of benzene rings is 1. The van der Waals surface area contributed by atoms with Crippen LogP contribution >= 0.6 is 0 Å². The zero-order chi connectivity index (χ0) is 10.6. The Morgan fingerprint density at radius 3 is 2.57 bits per heavy atom. The molecule has 0 aromatic heterocycles. The Labute approximate surface area is 82.8 Å². The number of nitrogens with one attached hydrogen (secondary N) is 1. The van der Waals surface area contributed by atoms with Crippen molar-refractivity contribution in [2.45, 2.75) is 19.4 Å². The monoisotopic (exact) mass is 197 g/mol. The Kier molecular flexibility index (Phi) is 3.59. The predicted molar refractivity (Wildman–Crippen MR) is 54.6 cm³/mol. The lowest BCUT2D eigenvalue weighted by atomic mass is 10.2. The molecule has 0 heterocycles. The summed E-state index contributed by atoms with van der Waals surface area (Å²) >= 11 is 0. The first-order chi connectivity index (χ1) is 6.63. The number of phenols is 2. The molecule has 4 heteroatoms. The standard InChI is InChI=1S/C10H15NO3/c1-2-8(12)6-11-7-3-4-9(13)10(14)5-7/h3-5,8,11-14H,2,6H2,1H3. The van der Waals surface area contributed by atoms with Gasteiger partial charge < -0.3 is 20.6 Å². The minimum atomic E-state index is -0.397. The minimum absolute atomic E-state index is 0.147. The van der Waals surface area contributed by atoms with Gasteiger partial charge in [0.1, 0.15) is 0 Å². The molecule has 14 heavy (non-hydrogen) atoms. The van der Waals surface area contributed by atoms with E-state index in [1.807, 2.05) is 6.92 Å². The van der Waals surface area contributed by atoms with Gasteiger partial charge in [-0.3, -0.25) is 0 Å². The van der Waals surface area contributed by atoms with Crippen molar-refractivity contribution in [2.75, 3.05) is 11.9 Å². The fourth-order valence-electron chi connectivity index (χ4n) is 1.01. The van der Waals surface area contributed by atoms with Crippen LogP contribution in [0.3, 0.4) is 0 Å². The lowest BCUT2D eigenvalue weighted by Crippen LogP contribution is -2.17. The highest BCUT2D eigenvalue weighted by Crippen LogP contribution is 2.27. The summed E-state index contributed by atoms with van der Waals surface area (Å²) < 4.78 is 0. The van der Waals surface area contributed by atoms with Gasteiger partial charge in [0, 0.05) is 18.3 Å². The van der Waals surface area contributed by atoms with Crippen LogP contribution in [0.25, 0.3) is 0 Å². The van der Waals surface area contributed by atoms with Gasteiger partial charge in [-0.05, 0) is 18.6 Å². The van der Waals surface area contributed by atoms with Gasteiger partial charge >= 0.3 is 0 Å². The molecular weight excluding hydrogens is 182 g/mol. The molecular formula is C10H15NO3. The van der Waals surface area contributed by atoms with E-state index in [-0.39, 0.29) is 11.5 Å². The molecule has 1 unspecified atom stereocenters. The maximum absolute atomic E-state index is 9.27. The molecule has 0 fully saturated rings. The Morgan fingerprint density at radius 2 is 2.00 bits per heavy atom. The van der Waals surface area contributed by atoms with Crippen LogP contribution < -0.4 is 5.32 Å². The molecule has 0 spiro atoms. The highest BCUT2D eigenvalue weighted by Gasteiger charge is 2.02. The maximum atomic E-state index is 9.27. The zero-order valence-electron chi connectivity index (χ0n) is 8.07. The Balaban J connectivity index is 2.55. The van der Waals surface area contributed by atoms with E-state index < -0.39 is 6.10 Å². The number of hydrogen-bond donors (Lipinski definition) is 4. The van der Waals surface area contributed by atoms with Gasteiger partial charge in [0.2, 0.25) is 0 Å². The summed E-state index contributed by atoms with van der Waals surface area (Å²) in [4.78, 5) is 0. The third-order valence-corrected chi connectivity index (χ3v) is 1.99. The Bertz CT molecular complexity index is 301. The maximum Gasteiger partial charge on any atom is 0.159 e. The topological polar surface area (TPSA) is 72.7 Å². The van der Waals surface area contributed by atoms with E-state index in [9.17, 15) is 10.2 Å². The smallest absolute Gasteiger partial charge is 0.159 e. The zero-order valence-corrected chi connectivity index (χ0v) is 8.07. The molecule has 4 nitrogen and oxygen atoms in total. The highest BCUT2D eigenvalue weighted by atomic mass is 16.3. The van der Waals surface area contributed by atoms with E-state index in [1.165, 1.54) is 12.1 Å². The summed E-state index contributed by atoms with van der Waals surface area (Å²) in [5.41, 5.74) is 0.674. The van der Waals surface area contributed by atoms with Gasteiger partial charge in [0.25, 0.3) is 0 Å². The first-order valence-electron chi connectivity index (χ1n) is 4.57. The Morgan fingerprint density at radius 1 is 1.29 bits per heavy atom. The van der Waals surface area contributed by atoms with Crippen molar-refractivity contribution in [3.8, 4) is 11.5 Å². The third kappa shape index (κ3) is 2.81. The molecule has 0 bridgehead atoms. The van der Waals surface area contributed by atoms with Crippen molar-refractivity contribution < 1.29 is 15.3 Å². The second-order valence-electron chi connectivity index (χ2n) is 3.15. The van der Waals surface area contributed by atoms with Gasteiger partial charge in [-0.1, -0.05) is 6.92 Å². The van der Waals surface area contributed by atoms with Crippen LogP contribution in [-0.4, -0.2) is 28.0 Å². The molecule has 0 saturated heterocycles. The molecule has 1 aromatic rings. The predicted octanol–water partition coefficient (Wildman–Crippen LogP) is 1.28. The van der Waals surface area contributed by atoms with E-state index in [4.69, 9.17) is 5.11 Å². The number of phenolic OH excluding ortho intramolecular Hbond substituents is 2. The second kappa shape index (κ2) is 4.72. The first kappa shape index (κ1) is 10.7. The lowest BCUT2D eigenvalue weighted by molar-refractivity contribution is 0.183. The first-order valence-corrected chi connectivity index (χ1v) is 4.57. The van der Waals surface area contributed by atoms with Gasteiger partial charge in [0.05, 0.1) is 6.10 Å². The average Bonchev–Trinajstić information content (AvgIpc) is 2.19. The fourth-order valence-corrected chi connectivity index (χ4v) is 1.01. The number of aromatic hydroxyl groups is 2. The van der Waals surface area contributed by atoms with Crippen molar-refractivity contribution in [1.29, 1.82) is 0 Å². The number of anilines is 1. The van der Waals surface area contributed by atoms with Gasteiger partial charge in [0.15, 0.2) is 11.5 Å². The largest absolute Gasteiger partial charge is 0.504 e. The summed E-state index contributed by atoms with van der Waals surface area (Å²) in [6, 6.07) is 4.45. The van der Waals surface area contributed by atoms with Gasteiger partial charge in [-0.2, -0.15) is 0 Å². The Hall–Kier alpha value is -1.42. The molecule has 0 amide bonds. The molecule has 1 rings (SSSR count). The third-order valence-electron chi connectivity index (χ3n) is 1.99. The van der Waals surface area contributed by atoms with Crippen LogP contribution in [0.1, 0.15) is 13.3 Å². The van der Waals surface area contributed by atoms with E-state index in [0.29, 0.717) is 18.7 Å². The van der Waals surface area contributed by atoms with Crippen molar-refractivity contribution in [1.82, 2.24) is 0 Å². The van der Waals surface area contributed by atoms with Crippen molar-refractivity contribution >= 4 is 5.69 Å². The van der Waals surface area contributed by atoms with Crippen molar-refractivity contribution in [2.24, 2.45) is 0 Å². The highest BCUT2D eigenvalue weighted by molar-refractivity contribution is 5.53. The van der Waals surface area contributed by atoms with Crippen LogP contribution in [0.2, 0.25) is 0 Å². The van der Waals surface area contributed by atoms with Crippen LogP contribution in [-0.2, 0) is 0 Å². The van der Waals surface area contributed by atoms with Crippen LogP contribution in [0, 0.1) is 0 Å². The van der Waals surface area contributed by atoms with Crippen LogP contribution in [0.15, 0.2) is 18.2 Å². The summed E-state index contributed by atoms with van der Waals surface area (Å²) in [6.45, 7) is 2.32. The SMILES string of the molecule is CCC(O)CNc1ccc(O)c(O)c1.